The lowest BCUT2D eigenvalue weighted by Gasteiger charge is -2.20. The number of hydrogen-bond acceptors (Lipinski definition) is 0. The van der Waals surface area contributed by atoms with E-state index in [2.05, 4.69) is 37.5 Å². The molecule has 2 unspecified atom stereocenters. The summed E-state index contributed by atoms with van der Waals surface area (Å²) >= 11 is 0. The number of allylic oxidation sites excluding steroid dienone is 6. The Labute approximate surface area is 87.7 Å². The second kappa shape index (κ2) is 6.42. The fourth-order valence-electron chi connectivity index (χ4n) is 1.91. The topological polar surface area (TPSA) is 0 Å². The van der Waals surface area contributed by atoms with Gasteiger partial charge in [0.15, 0.2) is 0 Å². The Morgan fingerprint density at radius 2 is 1.36 bits per heavy atom. The van der Waals surface area contributed by atoms with Crippen LogP contribution in [-0.2, 0) is 0 Å². The molecule has 0 radical (unpaired) electrons. The molecule has 2 atom stereocenters. The molecule has 0 fully saturated rings. The van der Waals surface area contributed by atoms with Gasteiger partial charge in [-0.3, -0.25) is 0 Å². The molecule has 0 aromatic rings. The van der Waals surface area contributed by atoms with Crippen molar-refractivity contribution < 1.29 is 0 Å². The van der Waals surface area contributed by atoms with Gasteiger partial charge in [0.05, 0.1) is 0 Å². The molecular weight excluding hydrogens is 168 g/mol. The molecule has 0 N–H and O–H groups in total. The number of hydrogen-bond donors (Lipinski definition) is 0. The number of rotatable bonds is 4. The molecule has 0 spiro atoms. The molecule has 1 rings (SSSR count). The fraction of sp³-hybridized carbons (Fsp3) is 0.429. The largest absolute Gasteiger partial charge is 0.103 e. The van der Waals surface area contributed by atoms with Crippen molar-refractivity contribution in [3.63, 3.8) is 0 Å². The maximum Gasteiger partial charge on any atom is -0.0133 e. The first-order chi connectivity index (χ1) is 6.88. The summed E-state index contributed by atoms with van der Waals surface area (Å²) in [7, 11) is 0. The maximum absolute atomic E-state index is 3.82. The minimum absolute atomic E-state index is 0.613. The zero-order valence-corrected chi connectivity index (χ0v) is 8.86. The van der Waals surface area contributed by atoms with Crippen LogP contribution >= 0.6 is 0 Å². The Hall–Kier alpha value is -1.04. The Balaban J connectivity index is 2.68. The van der Waals surface area contributed by atoms with Gasteiger partial charge < -0.3 is 0 Å². The molecule has 0 heterocycles. The van der Waals surface area contributed by atoms with Crippen LogP contribution in [0.3, 0.4) is 0 Å². The van der Waals surface area contributed by atoms with Gasteiger partial charge in [0.25, 0.3) is 0 Å². The molecule has 14 heavy (non-hydrogen) atoms. The zero-order valence-electron chi connectivity index (χ0n) is 8.86. The first-order valence-electron chi connectivity index (χ1n) is 5.43. The molecule has 0 aromatic carbocycles. The third-order valence-electron chi connectivity index (χ3n) is 2.69. The second-order valence-electron chi connectivity index (χ2n) is 3.81. The highest BCUT2D eigenvalue weighted by atomic mass is 14.2. The molecule has 76 valence electrons. The van der Waals surface area contributed by atoms with Crippen LogP contribution in [0.5, 0.6) is 0 Å². The van der Waals surface area contributed by atoms with Gasteiger partial charge >= 0.3 is 0 Å². The summed E-state index contributed by atoms with van der Waals surface area (Å²) in [4.78, 5) is 0. The lowest BCUT2D eigenvalue weighted by atomic mass is 9.85. The Bertz CT molecular complexity index is 206. The van der Waals surface area contributed by atoms with Crippen molar-refractivity contribution in [1.29, 1.82) is 0 Å². The highest BCUT2D eigenvalue weighted by molar-refractivity contribution is 5.06. The van der Waals surface area contributed by atoms with Gasteiger partial charge in [0.1, 0.15) is 0 Å². The van der Waals surface area contributed by atoms with E-state index in [0.717, 1.165) is 12.8 Å². The second-order valence-corrected chi connectivity index (χ2v) is 3.81. The van der Waals surface area contributed by atoms with Crippen molar-refractivity contribution in [3.05, 3.63) is 49.6 Å². The minimum atomic E-state index is 0.613. The van der Waals surface area contributed by atoms with Gasteiger partial charge in [0, 0.05) is 0 Å². The van der Waals surface area contributed by atoms with Gasteiger partial charge in [-0.2, -0.15) is 0 Å². The summed E-state index contributed by atoms with van der Waals surface area (Å²) in [6.45, 7) is 7.64. The molecular formula is C14H20. The summed E-state index contributed by atoms with van der Waals surface area (Å²) in [6, 6.07) is 0. The van der Waals surface area contributed by atoms with Gasteiger partial charge in [-0.15, -0.1) is 13.2 Å². The van der Waals surface area contributed by atoms with Crippen LogP contribution in [0, 0.1) is 11.8 Å². The van der Waals surface area contributed by atoms with Crippen LogP contribution in [-0.4, -0.2) is 0 Å². The first-order valence-corrected chi connectivity index (χ1v) is 5.43. The van der Waals surface area contributed by atoms with E-state index in [1.807, 2.05) is 12.2 Å². The van der Waals surface area contributed by atoms with Crippen LogP contribution in [0.2, 0.25) is 0 Å². The van der Waals surface area contributed by atoms with Crippen molar-refractivity contribution in [2.75, 3.05) is 0 Å². The Kier molecular flexibility index (Phi) is 5.06. The predicted octanol–water partition coefficient (Wildman–Crippen LogP) is 4.28. The van der Waals surface area contributed by atoms with Crippen molar-refractivity contribution in [2.24, 2.45) is 11.8 Å². The fourth-order valence-corrected chi connectivity index (χ4v) is 1.91. The van der Waals surface area contributed by atoms with Crippen LogP contribution in [0.1, 0.15) is 25.7 Å². The molecule has 0 saturated heterocycles. The molecule has 0 amide bonds. The van der Waals surface area contributed by atoms with E-state index >= 15 is 0 Å². The molecule has 1 aliphatic rings. The third kappa shape index (κ3) is 3.37. The van der Waals surface area contributed by atoms with Crippen molar-refractivity contribution in [3.8, 4) is 0 Å². The van der Waals surface area contributed by atoms with E-state index in [9.17, 15) is 0 Å². The third-order valence-corrected chi connectivity index (χ3v) is 2.69. The summed E-state index contributed by atoms with van der Waals surface area (Å²) < 4.78 is 0. The van der Waals surface area contributed by atoms with E-state index in [-0.39, 0.29) is 0 Å². The minimum Gasteiger partial charge on any atom is -0.103 e. The van der Waals surface area contributed by atoms with Crippen molar-refractivity contribution in [2.45, 2.75) is 25.7 Å². The molecule has 0 bridgehead atoms. The van der Waals surface area contributed by atoms with Gasteiger partial charge in [-0.05, 0) is 37.5 Å². The lowest BCUT2D eigenvalue weighted by molar-refractivity contribution is 0.479. The SMILES string of the molecule is C=CCC1/C=C\CC/C=C\C1CC=C. The van der Waals surface area contributed by atoms with Gasteiger partial charge in [0.2, 0.25) is 0 Å². The quantitative estimate of drug-likeness (QED) is 0.578. The highest BCUT2D eigenvalue weighted by Gasteiger charge is 2.14. The average molecular weight is 188 g/mol. The normalized spacial score (nSPS) is 31.1. The van der Waals surface area contributed by atoms with Gasteiger partial charge in [-0.1, -0.05) is 36.5 Å². The summed E-state index contributed by atoms with van der Waals surface area (Å²) in [5.74, 6) is 1.23. The van der Waals surface area contributed by atoms with Gasteiger partial charge in [-0.25, -0.2) is 0 Å². The molecule has 0 aromatic heterocycles. The van der Waals surface area contributed by atoms with Crippen LogP contribution in [0.15, 0.2) is 49.6 Å². The van der Waals surface area contributed by atoms with Crippen LogP contribution in [0.4, 0.5) is 0 Å². The average Bonchev–Trinajstić information content (AvgIpc) is 2.16. The summed E-state index contributed by atoms with van der Waals surface area (Å²) in [6.07, 6.45) is 17.8. The van der Waals surface area contributed by atoms with E-state index in [4.69, 9.17) is 0 Å². The molecule has 0 saturated carbocycles. The summed E-state index contributed by atoms with van der Waals surface area (Å²) in [5.41, 5.74) is 0. The maximum atomic E-state index is 3.82. The van der Waals surface area contributed by atoms with Crippen LogP contribution < -0.4 is 0 Å². The summed E-state index contributed by atoms with van der Waals surface area (Å²) in [5, 5.41) is 0. The lowest BCUT2D eigenvalue weighted by Crippen LogP contribution is -2.10. The van der Waals surface area contributed by atoms with Crippen molar-refractivity contribution in [1.82, 2.24) is 0 Å². The monoisotopic (exact) mass is 188 g/mol. The Morgan fingerprint density at radius 1 is 0.929 bits per heavy atom. The van der Waals surface area contributed by atoms with E-state index in [0.29, 0.717) is 11.8 Å². The highest BCUT2D eigenvalue weighted by Crippen LogP contribution is 2.25. The van der Waals surface area contributed by atoms with E-state index < -0.39 is 0 Å². The van der Waals surface area contributed by atoms with E-state index in [1.54, 1.807) is 0 Å². The smallest absolute Gasteiger partial charge is 0.0133 e. The van der Waals surface area contributed by atoms with Crippen LogP contribution in [0.25, 0.3) is 0 Å². The molecule has 0 heteroatoms. The predicted molar refractivity (Wildman–Crippen MR) is 64.1 cm³/mol. The first kappa shape index (κ1) is 11.0. The molecule has 0 aliphatic heterocycles. The molecule has 1 aliphatic carbocycles. The zero-order chi connectivity index (χ0) is 10.2. The Morgan fingerprint density at radius 3 is 1.71 bits per heavy atom. The molecule has 0 nitrogen and oxygen atoms in total. The standard InChI is InChI=1S/C14H20/c1-3-9-13-11-7-5-6-8-12-14(13)10-4-2/h3-4,7-8,11-14H,1-2,5-6,9-10H2/b11-7-,12-8-. The van der Waals surface area contributed by atoms with E-state index in [1.165, 1.54) is 12.8 Å². The van der Waals surface area contributed by atoms with Crippen molar-refractivity contribution >= 4 is 0 Å².